The lowest BCUT2D eigenvalue weighted by atomic mass is 10.0. The smallest absolute Gasteiger partial charge is 0.303 e. The Bertz CT molecular complexity index is 481. The number of carboxylic acids is 1. The maximum Gasteiger partial charge on any atom is 0.303 e. The molecule has 1 amide bonds. The van der Waals surface area contributed by atoms with E-state index >= 15 is 0 Å². The number of hydrogen-bond donors (Lipinski definition) is 3. The highest BCUT2D eigenvalue weighted by Gasteiger charge is 2.14. The third-order valence-corrected chi connectivity index (χ3v) is 2.93. The van der Waals surface area contributed by atoms with Gasteiger partial charge in [-0.3, -0.25) is 9.59 Å². The number of phenols is 1. The molecule has 104 valence electrons. The highest BCUT2D eigenvalue weighted by molar-refractivity contribution is 6.37. The molecule has 0 saturated carbocycles. The van der Waals surface area contributed by atoms with Crippen molar-refractivity contribution in [3.05, 3.63) is 22.2 Å². The van der Waals surface area contributed by atoms with E-state index < -0.39 is 5.97 Å². The van der Waals surface area contributed by atoms with Crippen molar-refractivity contribution in [1.82, 2.24) is 0 Å². The lowest BCUT2D eigenvalue weighted by Crippen LogP contribution is -2.16. The Morgan fingerprint density at radius 1 is 1.26 bits per heavy atom. The van der Waals surface area contributed by atoms with Crippen LogP contribution in [0.4, 0.5) is 5.69 Å². The summed E-state index contributed by atoms with van der Waals surface area (Å²) in [6.07, 6.45) is -0.00702. The molecule has 0 spiro atoms. The number of rotatable bonds is 5. The van der Waals surface area contributed by atoms with E-state index in [1.54, 1.807) is 6.92 Å². The summed E-state index contributed by atoms with van der Waals surface area (Å²) >= 11 is 11.4. The Labute approximate surface area is 120 Å². The minimum atomic E-state index is -0.948. The van der Waals surface area contributed by atoms with E-state index in [4.69, 9.17) is 28.3 Å². The first-order chi connectivity index (χ1) is 8.79. The lowest BCUT2D eigenvalue weighted by Gasteiger charge is -2.10. The first-order valence-corrected chi connectivity index (χ1v) is 6.25. The molecule has 0 radical (unpaired) electrons. The molecule has 0 bridgehead atoms. The highest BCUT2D eigenvalue weighted by atomic mass is 35.5. The van der Waals surface area contributed by atoms with E-state index in [1.807, 2.05) is 0 Å². The first kappa shape index (κ1) is 15.6. The Morgan fingerprint density at radius 3 is 2.26 bits per heavy atom. The fourth-order valence-electron chi connectivity index (χ4n) is 1.54. The van der Waals surface area contributed by atoms with Crippen LogP contribution in [0, 0.1) is 5.92 Å². The number of aromatic hydroxyl groups is 1. The second-order valence-electron chi connectivity index (χ2n) is 4.24. The predicted molar refractivity (Wildman–Crippen MR) is 72.8 cm³/mol. The maximum absolute atomic E-state index is 11.7. The molecule has 0 aliphatic rings. The number of aliphatic carboxylic acids is 1. The predicted octanol–water partition coefficient (Wildman–Crippen LogP) is 3.14. The summed E-state index contributed by atoms with van der Waals surface area (Å²) in [4.78, 5) is 22.1. The van der Waals surface area contributed by atoms with Crippen LogP contribution in [-0.4, -0.2) is 22.1 Å². The summed E-state index contributed by atoms with van der Waals surface area (Å²) in [5, 5.41) is 20.6. The van der Waals surface area contributed by atoms with Crippen molar-refractivity contribution in [3.8, 4) is 5.75 Å². The normalized spacial score (nSPS) is 11.9. The number of carbonyl (C=O) groups excluding carboxylic acids is 1. The molecule has 5 nitrogen and oxygen atoms in total. The maximum atomic E-state index is 11.7. The minimum Gasteiger partial charge on any atom is -0.505 e. The molecule has 0 heterocycles. The summed E-state index contributed by atoms with van der Waals surface area (Å²) < 4.78 is 0. The largest absolute Gasteiger partial charge is 0.505 e. The van der Waals surface area contributed by atoms with E-state index in [0.29, 0.717) is 5.69 Å². The third kappa shape index (κ3) is 4.96. The molecule has 19 heavy (non-hydrogen) atoms. The standard InChI is InChI=1S/C12H13Cl2NO4/c1-6(3-11(17)18)2-10(16)15-7-4-8(13)12(19)9(14)5-7/h4-6,19H,2-3H2,1H3,(H,15,16)(H,17,18). The van der Waals surface area contributed by atoms with Crippen LogP contribution in [0.15, 0.2) is 12.1 Å². The summed E-state index contributed by atoms with van der Waals surface area (Å²) in [5.74, 6) is -1.82. The molecule has 1 aromatic carbocycles. The molecular weight excluding hydrogens is 293 g/mol. The quantitative estimate of drug-likeness (QED) is 0.729. The molecule has 1 atom stereocenters. The zero-order chi connectivity index (χ0) is 14.6. The van der Waals surface area contributed by atoms with Crippen LogP contribution >= 0.6 is 23.2 Å². The van der Waals surface area contributed by atoms with Crippen molar-refractivity contribution >= 4 is 40.8 Å². The van der Waals surface area contributed by atoms with E-state index in [2.05, 4.69) is 5.32 Å². The molecule has 7 heteroatoms. The number of hydrogen-bond acceptors (Lipinski definition) is 3. The van der Waals surface area contributed by atoms with Crippen LogP contribution in [0.2, 0.25) is 10.0 Å². The number of benzene rings is 1. The van der Waals surface area contributed by atoms with Crippen LogP contribution < -0.4 is 5.32 Å². The summed E-state index contributed by atoms with van der Waals surface area (Å²) in [5.41, 5.74) is 0.348. The third-order valence-electron chi connectivity index (χ3n) is 2.36. The van der Waals surface area contributed by atoms with E-state index in [9.17, 15) is 14.7 Å². The van der Waals surface area contributed by atoms with E-state index in [1.165, 1.54) is 12.1 Å². The Hall–Kier alpha value is -1.46. The second kappa shape index (κ2) is 6.63. The van der Waals surface area contributed by atoms with Gasteiger partial charge in [0.2, 0.25) is 5.91 Å². The number of carbonyl (C=O) groups is 2. The number of anilines is 1. The number of carboxylic acid groups (broad SMARTS) is 1. The average molecular weight is 306 g/mol. The molecule has 1 rings (SSSR count). The summed E-state index contributed by atoms with van der Waals surface area (Å²) in [7, 11) is 0. The van der Waals surface area contributed by atoms with Gasteiger partial charge in [0.25, 0.3) is 0 Å². The molecule has 0 aromatic heterocycles. The Kier molecular flexibility index (Phi) is 5.44. The van der Waals surface area contributed by atoms with Gasteiger partial charge < -0.3 is 15.5 Å². The lowest BCUT2D eigenvalue weighted by molar-refractivity contribution is -0.138. The zero-order valence-corrected chi connectivity index (χ0v) is 11.6. The fourth-order valence-corrected chi connectivity index (χ4v) is 2.02. The van der Waals surface area contributed by atoms with Crippen LogP contribution in [0.1, 0.15) is 19.8 Å². The topological polar surface area (TPSA) is 86.6 Å². The van der Waals surface area contributed by atoms with Gasteiger partial charge in [-0.2, -0.15) is 0 Å². The van der Waals surface area contributed by atoms with Gasteiger partial charge in [0, 0.05) is 18.5 Å². The Balaban J connectivity index is 2.65. The number of phenolic OH excluding ortho intramolecular Hbond substituents is 1. The fraction of sp³-hybridized carbons (Fsp3) is 0.333. The van der Waals surface area contributed by atoms with E-state index in [-0.39, 0.29) is 40.5 Å². The minimum absolute atomic E-state index is 0.0291. The van der Waals surface area contributed by atoms with Gasteiger partial charge in [0.15, 0.2) is 5.75 Å². The molecule has 0 fully saturated rings. The van der Waals surface area contributed by atoms with Crippen LogP contribution in [0.25, 0.3) is 0 Å². The first-order valence-electron chi connectivity index (χ1n) is 5.49. The van der Waals surface area contributed by atoms with Crippen molar-refractivity contribution in [2.75, 3.05) is 5.32 Å². The molecule has 0 saturated heterocycles. The monoisotopic (exact) mass is 305 g/mol. The molecule has 1 unspecified atom stereocenters. The van der Waals surface area contributed by atoms with Gasteiger partial charge in [0.05, 0.1) is 10.0 Å². The number of nitrogens with one attached hydrogen (secondary N) is 1. The zero-order valence-electron chi connectivity index (χ0n) is 10.1. The second-order valence-corrected chi connectivity index (χ2v) is 5.06. The summed E-state index contributed by atoms with van der Waals surface area (Å²) in [6.45, 7) is 1.67. The highest BCUT2D eigenvalue weighted by Crippen LogP contribution is 2.34. The molecule has 1 aromatic rings. The molecule has 0 aliphatic heterocycles. The van der Waals surface area contributed by atoms with Gasteiger partial charge in [-0.1, -0.05) is 30.1 Å². The number of amides is 1. The van der Waals surface area contributed by atoms with Gasteiger partial charge in [-0.25, -0.2) is 0 Å². The van der Waals surface area contributed by atoms with Gasteiger partial charge >= 0.3 is 5.97 Å². The van der Waals surface area contributed by atoms with E-state index in [0.717, 1.165) is 0 Å². The van der Waals surface area contributed by atoms with Crippen molar-refractivity contribution in [1.29, 1.82) is 0 Å². The SMILES string of the molecule is CC(CC(=O)O)CC(=O)Nc1cc(Cl)c(O)c(Cl)c1. The number of halogens is 2. The summed E-state index contributed by atoms with van der Waals surface area (Å²) in [6, 6.07) is 2.73. The van der Waals surface area contributed by atoms with Crippen LogP contribution in [-0.2, 0) is 9.59 Å². The van der Waals surface area contributed by atoms with Crippen LogP contribution in [0.5, 0.6) is 5.75 Å². The van der Waals surface area contributed by atoms with Crippen molar-refractivity contribution in [2.45, 2.75) is 19.8 Å². The van der Waals surface area contributed by atoms with Gasteiger partial charge in [-0.15, -0.1) is 0 Å². The van der Waals surface area contributed by atoms with Gasteiger partial charge in [-0.05, 0) is 18.1 Å². The molecular formula is C12H13Cl2NO4. The average Bonchev–Trinajstić information content (AvgIpc) is 2.23. The molecule has 0 aliphatic carbocycles. The van der Waals surface area contributed by atoms with Crippen molar-refractivity contribution in [3.63, 3.8) is 0 Å². The molecule has 3 N–H and O–H groups in total. The van der Waals surface area contributed by atoms with Crippen molar-refractivity contribution in [2.24, 2.45) is 5.92 Å². The van der Waals surface area contributed by atoms with Gasteiger partial charge in [0.1, 0.15) is 0 Å². The van der Waals surface area contributed by atoms with Crippen molar-refractivity contribution < 1.29 is 19.8 Å². The Morgan fingerprint density at radius 2 is 1.79 bits per heavy atom. The van der Waals surface area contributed by atoms with Crippen LogP contribution in [0.3, 0.4) is 0 Å².